The lowest BCUT2D eigenvalue weighted by molar-refractivity contribution is 0.230. The Labute approximate surface area is 77.1 Å². The third kappa shape index (κ3) is 3.14. The van der Waals surface area contributed by atoms with E-state index >= 15 is 0 Å². The predicted octanol–water partition coefficient (Wildman–Crippen LogP) is 2.91. The van der Waals surface area contributed by atoms with Gasteiger partial charge in [-0.25, -0.2) is 0 Å². The Morgan fingerprint density at radius 3 is 2.25 bits per heavy atom. The van der Waals surface area contributed by atoms with Crippen molar-refractivity contribution < 1.29 is 0 Å². The molecule has 1 fully saturated rings. The quantitative estimate of drug-likeness (QED) is 0.628. The van der Waals surface area contributed by atoms with Crippen LogP contribution in [0.1, 0.15) is 45.4 Å². The van der Waals surface area contributed by atoms with Gasteiger partial charge in [0.25, 0.3) is 0 Å². The molecular weight excluding hydrogens is 146 g/mol. The molecule has 1 rings (SSSR count). The topological polar surface area (TPSA) is 3.24 Å². The van der Waals surface area contributed by atoms with Crippen LogP contribution in [-0.4, -0.2) is 25.0 Å². The van der Waals surface area contributed by atoms with E-state index in [0.717, 1.165) is 12.0 Å². The van der Waals surface area contributed by atoms with Crippen molar-refractivity contribution in [3.05, 3.63) is 0 Å². The van der Waals surface area contributed by atoms with Gasteiger partial charge in [0.1, 0.15) is 0 Å². The molecule has 0 aromatic heterocycles. The number of nitrogens with zero attached hydrogens (tertiary/aromatic N) is 1. The smallest absolute Gasteiger partial charge is 0.00634 e. The first-order chi connectivity index (χ1) is 5.70. The fourth-order valence-corrected chi connectivity index (χ4v) is 2.12. The normalized spacial score (nSPS) is 23.0. The average Bonchev–Trinajstić information content (AvgIpc) is 2.06. The third-order valence-corrected chi connectivity index (χ3v) is 3.28. The maximum Gasteiger partial charge on any atom is 0.00634 e. The molecular formula is C11H23N. The van der Waals surface area contributed by atoms with Gasteiger partial charge in [-0.15, -0.1) is 0 Å². The van der Waals surface area contributed by atoms with Gasteiger partial charge < -0.3 is 4.90 Å². The van der Waals surface area contributed by atoms with Crippen LogP contribution in [0.2, 0.25) is 0 Å². The lowest BCUT2D eigenvalue weighted by atomic mass is 9.85. The molecule has 0 radical (unpaired) electrons. The van der Waals surface area contributed by atoms with E-state index in [0.29, 0.717) is 0 Å². The Morgan fingerprint density at radius 2 is 1.75 bits per heavy atom. The molecule has 1 atom stereocenters. The highest BCUT2D eigenvalue weighted by Crippen LogP contribution is 2.27. The van der Waals surface area contributed by atoms with Gasteiger partial charge in [0.2, 0.25) is 0 Å². The summed E-state index contributed by atoms with van der Waals surface area (Å²) in [6.45, 7) is 2.34. The second kappa shape index (κ2) is 4.86. The Morgan fingerprint density at radius 1 is 1.17 bits per heavy atom. The lowest BCUT2D eigenvalue weighted by Crippen LogP contribution is -2.27. The molecule has 12 heavy (non-hydrogen) atoms. The summed E-state index contributed by atoms with van der Waals surface area (Å²) in [6.07, 6.45) is 8.81. The van der Waals surface area contributed by atoms with Crippen LogP contribution < -0.4 is 0 Å². The highest BCUT2D eigenvalue weighted by Gasteiger charge is 2.16. The zero-order valence-corrected chi connectivity index (χ0v) is 8.84. The molecule has 1 unspecified atom stereocenters. The van der Waals surface area contributed by atoms with Crippen LogP contribution >= 0.6 is 0 Å². The Hall–Kier alpha value is -0.0400. The minimum atomic E-state index is 0.771. The van der Waals surface area contributed by atoms with E-state index in [4.69, 9.17) is 0 Å². The second-order valence-corrected chi connectivity index (χ2v) is 4.55. The van der Waals surface area contributed by atoms with Crippen LogP contribution in [0.3, 0.4) is 0 Å². The molecule has 1 nitrogen and oxygen atoms in total. The summed E-state index contributed by atoms with van der Waals surface area (Å²) in [6, 6.07) is 0.771. The van der Waals surface area contributed by atoms with Crippen molar-refractivity contribution in [2.45, 2.75) is 51.5 Å². The average molecular weight is 169 g/mol. The summed E-state index contributed by atoms with van der Waals surface area (Å²) in [5, 5.41) is 0. The van der Waals surface area contributed by atoms with Gasteiger partial charge in [-0.3, -0.25) is 0 Å². The third-order valence-electron chi connectivity index (χ3n) is 3.28. The molecule has 0 N–H and O–H groups in total. The summed E-state index contributed by atoms with van der Waals surface area (Å²) in [5.74, 6) is 1.02. The predicted molar refractivity (Wildman–Crippen MR) is 54.3 cm³/mol. The van der Waals surface area contributed by atoms with Crippen molar-refractivity contribution in [2.24, 2.45) is 5.92 Å². The van der Waals surface area contributed by atoms with Crippen LogP contribution in [0.25, 0.3) is 0 Å². The van der Waals surface area contributed by atoms with E-state index in [1.807, 2.05) is 0 Å². The summed E-state index contributed by atoms with van der Waals surface area (Å²) in [7, 11) is 4.38. The molecule has 0 amide bonds. The van der Waals surface area contributed by atoms with Crippen molar-refractivity contribution in [2.75, 3.05) is 14.1 Å². The standard InChI is InChI=1S/C11H23N/c1-10(12(2)3)9-11-7-5-4-6-8-11/h10-11H,4-9H2,1-3H3. The van der Waals surface area contributed by atoms with Gasteiger partial charge in [-0.1, -0.05) is 32.1 Å². The van der Waals surface area contributed by atoms with E-state index in [1.165, 1.54) is 38.5 Å². The van der Waals surface area contributed by atoms with Crippen LogP contribution in [-0.2, 0) is 0 Å². The first kappa shape index (κ1) is 10.0. The highest BCUT2D eigenvalue weighted by atomic mass is 15.1. The fraction of sp³-hybridized carbons (Fsp3) is 1.00. The molecule has 0 aliphatic heterocycles. The monoisotopic (exact) mass is 169 g/mol. The first-order valence-electron chi connectivity index (χ1n) is 5.36. The molecule has 72 valence electrons. The maximum absolute atomic E-state index is 2.34. The van der Waals surface area contributed by atoms with Crippen LogP contribution in [0.5, 0.6) is 0 Å². The summed E-state index contributed by atoms with van der Waals surface area (Å²) in [4.78, 5) is 2.34. The zero-order valence-electron chi connectivity index (χ0n) is 8.84. The first-order valence-corrected chi connectivity index (χ1v) is 5.36. The highest BCUT2D eigenvalue weighted by molar-refractivity contribution is 4.71. The minimum absolute atomic E-state index is 0.771. The van der Waals surface area contributed by atoms with Gasteiger partial charge in [-0.2, -0.15) is 0 Å². The minimum Gasteiger partial charge on any atom is -0.307 e. The molecule has 1 aliphatic rings. The maximum atomic E-state index is 2.34. The van der Waals surface area contributed by atoms with Crippen LogP contribution in [0, 0.1) is 5.92 Å². The van der Waals surface area contributed by atoms with Gasteiger partial charge in [0, 0.05) is 6.04 Å². The number of rotatable bonds is 3. The van der Waals surface area contributed by atoms with Crippen LogP contribution in [0.4, 0.5) is 0 Å². The molecule has 0 saturated heterocycles. The van der Waals surface area contributed by atoms with Crippen molar-refractivity contribution >= 4 is 0 Å². The molecule has 0 bridgehead atoms. The van der Waals surface area contributed by atoms with Gasteiger partial charge in [-0.05, 0) is 33.4 Å². The van der Waals surface area contributed by atoms with E-state index < -0.39 is 0 Å². The molecule has 1 aliphatic carbocycles. The molecule has 0 aromatic carbocycles. The van der Waals surface area contributed by atoms with Crippen molar-refractivity contribution in [3.63, 3.8) is 0 Å². The Kier molecular flexibility index (Phi) is 4.07. The fourth-order valence-electron chi connectivity index (χ4n) is 2.12. The van der Waals surface area contributed by atoms with E-state index in [-0.39, 0.29) is 0 Å². The molecule has 1 saturated carbocycles. The van der Waals surface area contributed by atoms with Crippen molar-refractivity contribution in [1.29, 1.82) is 0 Å². The molecule has 1 heteroatoms. The van der Waals surface area contributed by atoms with Gasteiger partial charge in [0.05, 0.1) is 0 Å². The van der Waals surface area contributed by atoms with Crippen LogP contribution in [0.15, 0.2) is 0 Å². The molecule has 0 spiro atoms. The Bertz CT molecular complexity index is 114. The Balaban J connectivity index is 2.20. The van der Waals surface area contributed by atoms with E-state index in [2.05, 4.69) is 25.9 Å². The lowest BCUT2D eigenvalue weighted by Gasteiger charge is -2.27. The van der Waals surface area contributed by atoms with Gasteiger partial charge in [0.15, 0.2) is 0 Å². The largest absolute Gasteiger partial charge is 0.307 e. The zero-order chi connectivity index (χ0) is 8.97. The summed E-state index contributed by atoms with van der Waals surface area (Å²) < 4.78 is 0. The van der Waals surface area contributed by atoms with E-state index in [1.54, 1.807) is 0 Å². The van der Waals surface area contributed by atoms with Crippen molar-refractivity contribution in [3.8, 4) is 0 Å². The molecule has 0 heterocycles. The van der Waals surface area contributed by atoms with Crippen molar-refractivity contribution in [1.82, 2.24) is 4.90 Å². The molecule has 0 aromatic rings. The SMILES string of the molecule is CC(CC1CCCCC1)N(C)C. The summed E-state index contributed by atoms with van der Waals surface area (Å²) in [5.41, 5.74) is 0. The van der Waals surface area contributed by atoms with Gasteiger partial charge >= 0.3 is 0 Å². The number of hydrogen-bond donors (Lipinski definition) is 0. The van der Waals surface area contributed by atoms with E-state index in [9.17, 15) is 0 Å². The number of hydrogen-bond acceptors (Lipinski definition) is 1. The second-order valence-electron chi connectivity index (χ2n) is 4.55. The summed E-state index contributed by atoms with van der Waals surface area (Å²) >= 11 is 0.